The van der Waals surface area contributed by atoms with Gasteiger partial charge in [-0.25, -0.2) is 4.79 Å². The van der Waals surface area contributed by atoms with Gasteiger partial charge in [0, 0.05) is 17.4 Å². The Balaban J connectivity index is 1.80. The second kappa shape index (κ2) is 9.30. The van der Waals surface area contributed by atoms with Crippen LogP contribution in [0.3, 0.4) is 0 Å². The SMILES string of the molecule is CCOC(=O)Nc1ccc(N[C@@H](C)C(=O)NC2CCC(C)CC2)cc1. The molecule has 2 amide bonds. The van der Waals surface area contributed by atoms with Crippen molar-refractivity contribution >= 4 is 23.4 Å². The van der Waals surface area contributed by atoms with Gasteiger partial charge >= 0.3 is 6.09 Å². The molecule has 0 aromatic heterocycles. The Morgan fingerprint density at radius 3 is 2.32 bits per heavy atom. The molecule has 6 heteroatoms. The first-order chi connectivity index (χ1) is 12.0. The first-order valence-electron chi connectivity index (χ1n) is 9.08. The lowest BCUT2D eigenvalue weighted by molar-refractivity contribution is -0.122. The Hall–Kier alpha value is -2.24. The van der Waals surface area contributed by atoms with Crippen molar-refractivity contribution in [2.45, 2.75) is 58.5 Å². The highest BCUT2D eigenvalue weighted by Gasteiger charge is 2.22. The lowest BCUT2D eigenvalue weighted by Crippen LogP contribution is -2.44. The van der Waals surface area contributed by atoms with Crippen molar-refractivity contribution in [2.24, 2.45) is 5.92 Å². The zero-order chi connectivity index (χ0) is 18.2. The van der Waals surface area contributed by atoms with Crippen LogP contribution in [0.15, 0.2) is 24.3 Å². The molecule has 0 radical (unpaired) electrons. The molecule has 0 unspecified atom stereocenters. The van der Waals surface area contributed by atoms with Crippen LogP contribution in [0, 0.1) is 5.92 Å². The van der Waals surface area contributed by atoms with Crippen LogP contribution in [0.4, 0.5) is 16.2 Å². The van der Waals surface area contributed by atoms with Crippen molar-refractivity contribution in [1.82, 2.24) is 5.32 Å². The highest BCUT2D eigenvalue weighted by Crippen LogP contribution is 2.23. The molecule has 1 aliphatic rings. The molecule has 6 nitrogen and oxygen atoms in total. The van der Waals surface area contributed by atoms with Crippen molar-refractivity contribution < 1.29 is 14.3 Å². The van der Waals surface area contributed by atoms with Crippen LogP contribution in [0.1, 0.15) is 46.5 Å². The molecular weight excluding hydrogens is 318 g/mol. The Morgan fingerprint density at radius 2 is 1.72 bits per heavy atom. The molecule has 1 atom stereocenters. The lowest BCUT2D eigenvalue weighted by atomic mass is 9.87. The molecule has 0 spiro atoms. The molecule has 138 valence electrons. The monoisotopic (exact) mass is 347 g/mol. The number of hydrogen-bond donors (Lipinski definition) is 3. The zero-order valence-electron chi connectivity index (χ0n) is 15.3. The predicted molar refractivity (Wildman–Crippen MR) is 99.7 cm³/mol. The molecule has 2 rings (SSSR count). The van der Waals surface area contributed by atoms with Gasteiger partial charge in [0.15, 0.2) is 0 Å². The van der Waals surface area contributed by atoms with Gasteiger partial charge in [0.1, 0.15) is 6.04 Å². The lowest BCUT2D eigenvalue weighted by Gasteiger charge is -2.28. The largest absolute Gasteiger partial charge is 0.450 e. The van der Waals surface area contributed by atoms with E-state index in [0.29, 0.717) is 18.3 Å². The summed E-state index contributed by atoms with van der Waals surface area (Å²) in [6.45, 7) is 6.21. The first kappa shape index (κ1) is 19.1. The van der Waals surface area contributed by atoms with Crippen molar-refractivity contribution in [3.63, 3.8) is 0 Å². The number of rotatable bonds is 6. The average molecular weight is 347 g/mol. The summed E-state index contributed by atoms with van der Waals surface area (Å²) in [6.07, 6.45) is 4.02. The second-order valence-electron chi connectivity index (χ2n) is 6.75. The van der Waals surface area contributed by atoms with E-state index in [1.165, 1.54) is 12.8 Å². The topological polar surface area (TPSA) is 79.5 Å². The first-order valence-corrected chi connectivity index (χ1v) is 9.08. The molecule has 0 bridgehead atoms. The maximum absolute atomic E-state index is 12.3. The van der Waals surface area contributed by atoms with Crippen molar-refractivity contribution in [1.29, 1.82) is 0 Å². The molecule has 0 saturated heterocycles. The van der Waals surface area contributed by atoms with Crippen molar-refractivity contribution in [3.05, 3.63) is 24.3 Å². The van der Waals surface area contributed by atoms with E-state index in [1.54, 1.807) is 19.1 Å². The van der Waals surface area contributed by atoms with Crippen LogP contribution in [0.25, 0.3) is 0 Å². The third-order valence-corrected chi connectivity index (χ3v) is 4.55. The number of hydrogen-bond acceptors (Lipinski definition) is 4. The van der Waals surface area contributed by atoms with Gasteiger partial charge in [-0.05, 0) is 69.7 Å². The van der Waals surface area contributed by atoms with Gasteiger partial charge in [0.2, 0.25) is 5.91 Å². The fourth-order valence-electron chi connectivity index (χ4n) is 2.98. The summed E-state index contributed by atoms with van der Waals surface area (Å²) in [6, 6.07) is 7.17. The molecular formula is C19H29N3O3. The third kappa shape index (κ3) is 6.29. The van der Waals surface area contributed by atoms with E-state index >= 15 is 0 Å². The summed E-state index contributed by atoms with van der Waals surface area (Å²) in [5, 5.41) is 8.96. The van der Waals surface area contributed by atoms with Crippen LogP contribution in [0.2, 0.25) is 0 Å². The Labute approximate surface area is 149 Å². The fraction of sp³-hybridized carbons (Fsp3) is 0.579. The van der Waals surface area contributed by atoms with Gasteiger partial charge in [0.25, 0.3) is 0 Å². The van der Waals surface area contributed by atoms with E-state index in [4.69, 9.17) is 4.74 Å². The molecule has 1 saturated carbocycles. The van der Waals surface area contributed by atoms with Gasteiger partial charge < -0.3 is 15.4 Å². The molecule has 1 aromatic carbocycles. The second-order valence-corrected chi connectivity index (χ2v) is 6.75. The van der Waals surface area contributed by atoms with Crippen LogP contribution in [0.5, 0.6) is 0 Å². The van der Waals surface area contributed by atoms with E-state index in [9.17, 15) is 9.59 Å². The molecule has 0 aliphatic heterocycles. The number of benzene rings is 1. The number of carbonyl (C=O) groups is 2. The summed E-state index contributed by atoms with van der Waals surface area (Å²) < 4.78 is 4.83. The normalized spacial score (nSPS) is 21.1. The Kier molecular flexibility index (Phi) is 7.10. The summed E-state index contributed by atoms with van der Waals surface area (Å²) in [4.78, 5) is 23.7. The number of carbonyl (C=O) groups excluding carboxylic acids is 2. The smallest absolute Gasteiger partial charge is 0.411 e. The van der Waals surface area contributed by atoms with Crippen LogP contribution in [-0.4, -0.2) is 30.7 Å². The van der Waals surface area contributed by atoms with E-state index in [2.05, 4.69) is 22.9 Å². The Bertz CT molecular complexity index is 566. The van der Waals surface area contributed by atoms with Gasteiger partial charge in [0.05, 0.1) is 6.61 Å². The number of nitrogens with one attached hydrogen (secondary N) is 3. The highest BCUT2D eigenvalue weighted by molar-refractivity contribution is 5.86. The van der Waals surface area contributed by atoms with E-state index in [0.717, 1.165) is 24.4 Å². The zero-order valence-corrected chi connectivity index (χ0v) is 15.3. The maximum atomic E-state index is 12.3. The van der Waals surface area contributed by atoms with Gasteiger partial charge in [-0.3, -0.25) is 10.1 Å². The minimum absolute atomic E-state index is 0.0216. The molecule has 1 fully saturated rings. The predicted octanol–water partition coefficient (Wildman–Crippen LogP) is 3.75. The minimum Gasteiger partial charge on any atom is -0.450 e. The number of amides is 2. The number of ether oxygens (including phenoxy) is 1. The molecule has 3 N–H and O–H groups in total. The molecule has 25 heavy (non-hydrogen) atoms. The maximum Gasteiger partial charge on any atom is 0.411 e. The third-order valence-electron chi connectivity index (χ3n) is 4.55. The van der Waals surface area contributed by atoms with Gasteiger partial charge in [-0.2, -0.15) is 0 Å². The van der Waals surface area contributed by atoms with E-state index in [-0.39, 0.29) is 11.9 Å². The van der Waals surface area contributed by atoms with Gasteiger partial charge in [-0.15, -0.1) is 0 Å². The van der Waals surface area contributed by atoms with E-state index in [1.807, 2.05) is 19.1 Å². The highest BCUT2D eigenvalue weighted by atomic mass is 16.5. The van der Waals surface area contributed by atoms with E-state index < -0.39 is 6.09 Å². The van der Waals surface area contributed by atoms with Gasteiger partial charge in [-0.1, -0.05) is 6.92 Å². The quantitative estimate of drug-likeness (QED) is 0.732. The molecule has 0 heterocycles. The molecule has 1 aromatic rings. The summed E-state index contributed by atoms with van der Waals surface area (Å²) in [5.41, 5.74) is 1.48. The summed E-state index contributed by atoms with van der Waals surface area (Å²) in [7, 11) is 0. The average Bonchev–Trinajstić information content (AvgIpc) is 2.59. The van der Waals surface area contributed by atoms with Crippen LogP contribution in [-0.2, 0) is 9.53 Å². The fourth-order valence-corrected chi connectivity index (χ4v) is 2.98. The van der Waals surface area contributed by atoms with Crippen molar-refractivity contribution in [2.75, 3.05) is 17.2 Å². The van der Waals surface area contributed by atoms with Crippen molar-refractivity contribution in [3.8, 4) is 0 Å². The van der Waals surface area contributed by atoms with Crippen LogP contribution < -0.4 is 16.0 Å². The summed E-state index contributed by atoms with van der Waals surface area (Å²) >= 11 is 0. The standard InChI is InChI=1S/C19H29N3O3/c1-4-25-19(24)22-17-11-9-15(10-12-17)20-14(3)18(23)21-16-7-5-13(2)6-8-16/h9-14,16,20H,4-8H2,1-3H3,(H,21,23)(H,22,24)/t13?,14-,16?/m0/s1. The minimum atomic E-state index is -0.474. The van der Waals surface area contributed by atoms with Crippen LogP contribution >= 0.6 is 0 Å². The number of anilines is 2. The molecule has 1 aliphatic carbocycles. The summed E-state index contributed by atoms with van der Waals surface area (Å²) in [5.74, 6) is 0.790. The Morgan fingerprint density at radius 1 is 1.12 bits per heavy atom.